The van der Waals surface area contributed by atoms with Crippen LogP contribution < -0.4 is 4.74 Å². The summed E-state index contributed by atoms with van der Waals surface area (Å²) < 4.78 is 7.80. The summed E-state index contributed by atoms with van der Waals surface area (Å²) in [5, 5.41) is 0. The average molecular weight is 400 g/mol. The number of aromatic nitrogens is 3. The number of fused-ring (bicyclic) bond motifs is 1. The monoisotopic (exact) mass is 399 g/mol. The second-order valence-corrected chi connectivity index (χ2v) is 6.28. The molecule has 0 aliphatic carbocycles. The second-order valence-electron chi connectivity index (χ2n) is 5.53. The maximum absolute atomic E-state index is 12.6. The van der Waals surface area contributed by atoms with Crippen LogP contribution in [0.15, 0.2) is 41.0 Å². The highest BCUT2D eigenvalue weighted by Crippen LogP contribution is 2.27. The molecule has 0 N–H and O–H groups in total. The molecule has 2 heterocycles. The van der Waals surface area contributed by atoms with Crippen LogP contribution >= 0.6 is 15.9 Å². The number of imidazole rings is 1. The normalized spacial score (nSPS) is 11.4. The van der Waals surface area contributed by atoms with E-state index in [-0.39, 0.29) is 5.78 Å². The van der Waals surface area contributed by atoms with Crippen molar-refractivity contribution in [3.8, 4) is 5.88 Å². The van der Waals surface area contributed by atoms with E-state index >= 15 is 0 Å². The van der Waals surface area contributed by atoms with Gasteiger partial charge in [0.15, 0.2) is 0 Å². The van der Waals surface area contributed by atoms with Crippen LogP contribution in [-0.4, -0.2) is 27.3 Å². The summed E-state index contributed by atoms with van der Waals surface area (Å²) in [5.41, 5.74) is 3.24. The van der Waals surface area contributed by atoms with E-state index in [1.807, 2.05) is 48.6 Å². The fourth-order valence-corrected chi connectivity index (χ4v) is 3.47. The summed E-state index contributed by atoms with van der Waals surface area (Å²) >= 11 is 3.50. The smallest absolute Gasteiger partial charge is 0.238 e. The van der Waals surface area contributed by atoms with Gasteiger partial charge in [0, 0.05) is 11.3 Å². The minimum absolute atomic E-state index is 0.183. The predicted octanol–water partition coefficient (Wildman–Crippen LogP) is 4.27. The minimum atomic E-state index is -0.183. The van der Waals surface area contributed by atoms with Crippen molar-refractivity contribution in [2.24, 2.45) is 0 Å². The number of hydrogen-bond acceptors (Lipinski definition) is 4. The number of ether oxygens (including phenoxy) is 1. The Bertz CT molecular complexity index is 962. The quantitative estimate of drug-likeness (QED) is 0.474. The molecule has 0 radical (unpaired) electrons. The zero-order chi connectivity index (χ0) is 18.0. The van der Waals surface area contributed by atoms with Gasteiger partial charge in [-0.05, 0) is 40.9 Å². The number of allylic oxidation sites excluding steroid dienone is 1. The summed E-state index contributed by atoms with van der Waals surface area (Å²) in [5.74, 6) is 0.802. The van der Waals surface area contributed by atoms with Crippen molar-refractivity contribution in [1.29, 1.82) is 0 Å². The van der Waals surface area contributed by atoms with Gasteiger partial charge in [-0.3, -0.25) is 9.20 Å². The Labute approximate surface area is 154 Å². The van der Waals surface area contributed by atoms with E-state index in [4.69, 9.17) is 4.74 Å². The van der Waals surface area contributed by atoms with Crippen molar-refractivity contribution < 1.29 is 9.53 Å². The van der Waals surface area contributed by atoms with Gasteiger partial charge in [0.1, 0.15) is 10.3 Å². The van der Waals surface area contributed by atoms with Gasteiger partial charge in [-0.25, -0.2) is 4.98 Å². The lowest BCUT2D eigenvalue weighted by molar-refractivity contribution is 0.104. The number of nitrogens with zero attached hydrogens (tertiary/aromatic N) is 3. The van der Waals surface area contributed by atoms with Gasteiger partial charge in [0.05, 0.1) is 7.11 Å². The Kier molecular flexibility index (Phi) is 4.99. The molecule has 0 atom stereocenters. The van der Waals surface area contributed by atoms with Gasteiger partial charge in [-0.2, -0.15) is 4.98 Å². The van der Waals surface area contributed by atoms with Crippen molar-refractivity contribution in [3.63, 3.8) is 0 Å². The fourth-order valence-electron chi connectivity index (χ4n) is 2.76. The number of ketones is 1. The molecule has 0 aliphatic heterocycles. The van der Waals surface area contributed by atoms with Crippen LogP contribution in [0.3, 0.4) is 0 Å². The number of hydrogen-bond donors (Lipinski definition) is 0. The maximum Gasteiger partial charge on any atom is 0.238 e. The van der Waals surface area contributed by atoms with E-state index in [1.54, 1.807) is 13.2 Å². The van der Waals surface area contributed by atoms with Crippen molar-refractivity contribution >= 4 is 33.6 Å². The van der Waals surface area contributed by atoms with Gasteiger partial charge in [0.25, 0.3) is 0 Å². The van der Waals surface area contributed by atoms with Crippen molar-refractivity contribution in [2.45, 2.75) is 20.3 Å². The maximum atomic E-state index is 12.6. The topological polar surface area (TPSA) is 56.5 Å². The first kappa shape index (κ1) is 17.4. The molecule has 0 fully saturated rings. The lowest BCUT2D eigenvalue weighted by atomic mass is 10.2. The standard InChI is InChI=1S/C19H18BrN3O2/c1-4-14-12(2)23-17(20)16(21-19(23)22-18(14)25-3)15(24)11-10-13-8-6-5-7-9-13/h5-11H,4H2,1-3H3. The molecule has 1 aromatic carbocycles. The lowest BCUT2D eigenvalue weighted by Gasteiger charge is -2.11. The lowest BCUT2D eigenvalue weighted by Crippen LogP contribution is -2.04. The molecule has 2 aromatic heterocycles. The number of halogens is 1. The molecule has 128 valence electrons. The SMILES string of the molecule is CCc1c(OC)nc2nc(C(=O)C=Cc3ccccc3)c(Br)n2c1C. The molecule has 0 spiro atoms. The second kappa shape index (κ2) is 7.19. The third-order valence-electron chi connectivity index (χ3n) is 4.04. The first-order chi connectivity index (χ1) is 12.1. The highest BCUT2D eigenvalue weighted by Gasteiger charge is 2.20. The zero-order valence-electron chi connectivity index (χ0n) is 14.3. The molecule has 0 unspecified atom stereocenters. The summed E-state index contributed by atoms with van der Waals surface area (Å²) in [6, 6.07) is 9.66. The summed E-state index contributed by atoms with van der Waals surface area (Å²) in [4.78, 5) is 21.4. The number of carbonyl (C=O) groups is 1. The Morgan fingerprint density at radius 3 is 2.64 bits per heavy atom. The van der Waals surface area contributed by atoms with Crippen molar-refractivity contribution in [2.75, 3.05) is 7.11 Å². The molecule has 0 aliphatic rings. The van der Waals surface area contributed by atoms with Gasteiger partial charge in [-0.1, -0.05) is 43.3 Å². The summed E-state index contributed by atoms with van der Waals surface area (Å²) in [7, 11) is 1.59. The third kappa shape index (κ3) is 3.22. The van der Waals surface area contributed by atoms with Crippen LogP contribution in [0.4, 0.5) is 0 Å². The van der Waals surface area contributed by atoms with E-state index < -0.39 is 0 Å². The molecule has 0 saturated heterocycles. The van der Waals surface area contributed by atoms with Gasteiger partial charge in [0.2, 0.25) is 17.4 Å². The Morgan fingerprint density at radius 1 is 1.28 bits per heavy atom. The Hall–Kier alpha value is -2.47. The molecular formula is C19H18BrN3O2. The van der Waals surface area contributed by atoms with Crippen LogP contribution in [-0.2, 0) is 6.42 Å². The third-order valence-corrected chi connectivity index (χ3v) is 4.77. The fraction of sp³-hybridized carbons (Fsp3) is 0.211. The van der Waals surface area contributed by atoms with E-state index in [1.165, 1.54) is 6.08 Å². The van der Waals surface area contributed by atoms with E-state index in [0.29, 0.717) is 22.0 Å². The molecule has 3 aromatic rings. The highest BCUT2D eigenvalue weighted by atomic mass is 79.9. The first-order valence-electron chi connectivity index (χ1n) is 7.95. The molecule has 3 rings (SSSR count). The van der Waals surface area contributed by atoms with E-state index in [2.05, 4.69) is 25.9 Å². The highest BCUT2D eigenvalue weighted by molar-refractivity contribution is 9.10. The molecule has 0 saturated carbocycles. The summed E-state index contributed by atoms with van der Waals surface area (Å²) in [6.45, 7) is 4.01. The largest absolute Gasteiger partial charge is 0.481 e. The molecule has 6 heteroatoms. The Balaban J connectivity index is 2.05. The van der Waals surface area contributed by atoms with Crippen LogP contribution in [0.1, 0.15) is 34.2 Å². The van der Waals surface area contributed by atoms with Gasteiger partial charge < -0.3 is 4.74 Å². The van der Waals surface area contributed by atoms with Crippen molar-refractivity contribution in [1.82, 2.24) is 14.4 Å². The molecule has 25 heavy (non-hydrogen) atoms. The van der Waals surface area contributed by atoms with E-state index in [9.17, 15) is 4.79 Å². The van der Waals surface area contributed by atoms with Crippen LogP contribution in [0, 0.1) is 6.92 Å². The molecule has 5 nitrogen and oxygen atoms in total. The Morgan fingerprint density at radius 2 is 2.00 bits per heavy atom. The first-order valence-corrected chi connectivity index (χ1v) is 8.75. The zero-order valence-corrected chi connectivity index (χ0v) is 15.9. The number of carbonyl (C=O) groups excluding carboxylic acids is 1. The number of methoxy groups -OCH3 is 1. The van der Waals surface area contributed by atoms with E-state index in [0.717, 1.165) is 23.2 Å². The number of aryl methyl sites for hydroxylation is 1. The number of benzene rings is 1. The van der Waals surface area contributed by atoms with Crippen LogP contribution in [0.5, 0.6) is 5.88 Å². The molecule has 0 bridgehead atoms. The molecule has 0 amide bonds. The average Bonchev–Trinajstić information content (AvgIpc) is 2.97. The van der Waals surface area contributed by atoms with Crippen LogP contribution in [0.25, 0.3) is 11.9 Å². The molecular weight excluding hydrogens is 382 g/mol. The summed E-state index contributed by atoms with van der Waals surface area (Å²) in [6.07, 6.45) is 4.08. The van der Waals surface area contributed by atoms with Crippen molar-refractivity contribution in [3.05, 3.63) is 63.5 Å². The van der Waals surface area contributed by atoms with Crippen LogP contribution in [0.2, 0.25) is 0 Å². The van der Waals surface area contributed by atoms with Gasteiger partial charge in [-0.15, -0.1) is 0 Å². The van der Waals surface area contributed by atoms with Gasteiger partial charge >= 0.3 is 0 Å². The minimum Gasteiger partial charge on any atom is -0.481 e. The number of rotatable bonds is 5. The predicted molar refractivity (Wildman–Crippen MR) is 101 cm³/mol.